The van der Waals surface area contributed by atoms with Crippen LogP contribution in [0.3, 0.4) is 0 Å². The molecule has 0 bridgehead atoms. The molecule has 4 nitrogen and oxygen atoms in total. The Balaban J connectivity index is 2.19. The molecule has 1 aromatic carbocycles. The average molecular weight is 269 g/mol. The van der Waals surface area contributed by atoms with Gasteiger partial charge in [0.05, 0.1) is 12.0 Å². The van der Waals surface area contributed by atoms with E-state index in [9.17, 15) is 9.90 Å². The van der Waals surface area contributed by atoms with E-state index in [0.717, 1.165) is 17.7 Å². The van der Waals surface area contributed by atoms with Crippen molar-refractivity contribution in [1.82, 2.24) is 10.6 Å². The third-order valence-corrected chi connectivity index (χ3v) is 3.37. The van der Waals surface area contributed by atoms with Crippen molar-refractivity contribution in [2.24, 2.45) is 0 Å². The largest absolute Gasteiger partial charge is 0.392 e. The number of hydrogen-bond donors (Lipinski definition) is 3. The summed E-state index contributed by atoms with van der Waals surface area (Å²) in [5.74, 6) is -0.390. The molecule has 98 valence electrons. The summed E-state index contributed by atoms with van der Waals surface area (Å²) in [5, 5.41) is 15.8. The highest BCUT2D eigenvalue weighted by atomic mass is 35.5. The molecule has 0 aliphatic carbocycles. The number of hydrogen-bond acceptors (Lipinski definition) is 3. The molecule has 1 heterocycles. The lowest BCUT2D eigenvalue weighted by Gasteiger charge is -2.26. The van der Waals surface area contributed by atoms with E-state index in [1.807, 2.05) is 12.1 Å². The third kappa shape index (κ3) is 2.83. The van der Waals surface area contributed by atoms with Gasteiger partial charge in [0.15, 0.2) is 0 Å². The number of carbonyl (C=O) groups excluding carboxylic acids is 1. The first-order chi connectivity index (χ1) is 8.59. The van der Waals surface area contributed by atoms with Gasteiger partial charge in [0.2, 0.25) is 5.91 Å². The third-order valence-electron chi connectivity index (χ3n) is 3.04. The molecule has 2 rings (SSSR count). The standard InChI is InChI=1S/C13H17ClN2O2/c1-8(17)5-16-13(18)10-7-15-6-9-3-2-4-11(14)12(9)10/h2-4,8,10,15,17H,5-7H2,1H3,(H,16,18). The van der Waals surface area contributed by atoms with E-state index in [0.29, 0.717) is 11.6 Å². The molecule has 1 amide bonds. The van der Waals surface area contributed by atoms with Gasteiger partial charge in [-0.05, 0) is 24.1 Å². The van der Waals surface area contributed by atoms with Crippen molar-refractivity contribution in [3.05, 3.63) is 34.3 Å². The van der Waals surface area contributed by atoms with Crippen molar-refractivity contribution in [3.63, 3.8) is 0 Å². The van der Waals surface area contributed by atoms with Gasteiger partial charge in [0.1, 0.15) is 0 Å². The number of halogens is 1. The number of aliphatic hydroxyl groups excluding tert-OH is 1. The van der Waals surface area contributed by atoms with Crippen LogP contribution < -0.4 is 10.6 Å². The van der Waals surface area contributed by atoms with Crippen LogP contribution in [0.1, 0.15) is 24.0 Å². The Morgan fingerprint density at radius 1 is 1.67 bits per heavy atom. The molecule has 5 heteroatoms. The molecule has 3 N–H and O–H groups in total. The minimum Gasteiger partial charge on any atom is -0.392 e. The minimum absolute atomic E-state index is 0.0996. The molecular formula is C13H17ClN2O2. The lowest BCUT2D eigenvalue weighted by Crippen LogP contribution is -2.41. The van der Waals surface area contributed by atoms with E-state index in [2.05, 4.69) is 10.6 Å². The molecule has 1 aromatic rings. The van der Waals surface area contributed by atoms with Gasteiger partial charge in [-0.1, -0.05) is 23.7 Å². The predicted octanol–water partition coefficient (Wildman–Crippen LogP) is 1.02. The van der Waals surface area contributed by atoms with Crippen molar-refractivity contribution < 1.29 is 9.90 Å². The van der Waals surface area contributed by atoms with E-state index < -0.39 is 6.10 Å². The van der Waals surface area contributed by atoms with Gasteiger partial charge in [0.25, 0.3) is 0 Å². The van der Waals surface area contributed by atoms with Gasteiger partial charge < -0.3 is 15.7 Å². The van der Waals surface area contributed by atoms with Crippen LogP contribution in [0.4, 0.5) is 0 Å². The van der Waals surface area contributed by atoms with Crippen LogP contribution in [0.15, 0.2) is 18.2 Å². The Hall–Kier alpha value is -1.10. The molecule has 1 aliphatic rings. The molecule has 0 saturated heterocycles. The van der Waals surface area contributed by atoms with Gasteiger partial charge in [-0.3, -0.25) is 4.79 Å². The number of nitrogens with one attached hydrogen (secondary N) is 2. The summed E-state index contributed by atoms with van der Waals surface area (Å²) in [6.07, 6.45) is -0.545. The van der Waals surface area contributed by atoms with Crippen LogP contribution in [-0.2, 0) is 11.3 Å². The van der Waals surface area contributed by atoms with Crippen LogP contribution in [0.25, 0.3) is 0 Å². The maximum absolute atomic E-state index is 12.1. The molecule has 0 fully saturated rings. The summed E-state index contributed by atoms with van der Waals surface area (Å²) in [6.45, 7) is 3.20. The van der Waals surface area contributed by atoms with Gasteiger partial charge in [-0.15, -0.1) is 0 Å². The first-order valence-electron chi connectivity index (χ1n) is 6.03. The molecule has 0 aromatic heterocycles. The van der Waals surface area contributed by atoms with Gasteiger partial charge >= 0.3 is 0 Å². The van der Waals surface area contributed by atoms with E-state index >= 15 is 0 Å². The van der Waals surface area contributed by atoms with Crippen molar-refractivity contribution in [2.75, 3.05) is 13.1 Å². The molecule has 2 unspecified atom stereocenters. The molecule has 18 heavy (non-hydrogen) atoms. The molecule has 0 spiro atoms. The summed E-state index contributed by atoms with van der Waals surface area (Å²) in [6, 6.07) is 5.67. The predicted molar refractivity (Wildman–Crippen MR) is 70.6 cm³/mol. The zero-order chi connectivity index (χ0) is 13.1. The second kappa shape index (κ2) is 5.69. The van der Waals surface area contributed by atoms with Crippen LogP contribution in [-0.4, -0.2) is 30.2 Å². The Bertz CT molecular complexity index is 449. The van der Waals surface area contributed by atoms with Gasteiger partial charge in [-0.2, -0.15) is 0 Å². The smallest absolute Gasteiger partial charge is 0.228 e. The van der Waals surface area contributed by atoms with E-state index in [1.165, 1.54) is 0 Å². The number of benzene rings is 1. The maximum atomic E-state index is 12.1. The van der Waals surface area contributed by atoms with Crippen molar-refractivity contribution in [2.45, 2.75) is 25.5 Å². The molecular weight excluding hydrogens is 252 g/mol. The van der Waals surface area contributed by atoms with Crippen LogP contribution in [0.5, 0.6) is 0 Å². The Morgan fingerprint density at radius 3 is 3.17 bits per heavy atom. The van der Waals surface area contributed by atoms with Crippen molar-refractivity contribution in [3.8, 4) is 0 Å². The van der Waals surface area contributed by atoms with Crippen LogP contribution >= 0.6 is 11.6 Å². The lowest BCUT2D eigenvalue weighted by atomic mass is 9.90. The second-order valence-corrected chi connectivity index (χ2v) is 5.00. The second-order valence-electron chi connectivity index (χ2n) is 4.59. The highest BCUT2D eigenvalue weighted by Gasteiger charge is 2.28. The van der Waals surface area contributed by atoms with E-state index in [-0.39, 0.29) is 18.4 Å². The summed E-state index contributed by atoms with van der Waals surface area (Å²) in [7, 11) is 0. The number of carbonyl (C=O) groups is 1. The van der Waals surface area contributed by atoms with Crippen LogP contribution in [0.2, 0.25) is 5.02 Å². The zero-order valence-electron chi connectivity index (χ0n) is 10.2. The van der Waals surface area contributed by atoms with Crippen molar-refractivity contribution in [1.29, 1.82) is 0 Å². The van der Waals surface area contributed by atoms with Gasteiger partial charge in [-0.25, -0.2) is 0 Å². The van der Waals surface area contributed by atoms with E-state index in [4.69, 9.17) is 11.6 Å². The Labute approximate surface area is 111 Å². The summed E-state index contributed by atoms with van der Waals surface area (Å²) < 4.78 is 0. The number of rotatable bonds is 3. The summed E-state index contributed by atoms with van der Waals surface area (Å²) in [5.41, 5.74) is 1.96. The first-order valence-corrected chi connectivity index (χ1v) is 6.41. The highest BCUT2D eigenvalue weighted by molar-refractivity contribution is 6.31. The molecule has 0 radical (unpaired) electrons. The molecule has 0 saturated carbocycles. The highest BCUT2D eigenvalue weighted by Crippen LogP contribution is 2.30. The quantitative estimate of drug-likeness (QED) is 0.767. The Morgan fingerprint density at radius 2 is 2.44 bits per heavy atom. The Kier molecular flexibility index (Phi) is 4.22. The topological polar surface area (TPSA) is 61.4 Å². The molecule has 1 aliphatic heterocycles. The first kappa shape index (κ1) is 13.3. The average Bonchev–Trinajstić information content (AvgIpc) is 2.35. The summed E-state index contributed by atoms with van der Waals surface area (Å²) in [4.78, 5) is 12.1. The fraction of sp³-hybridized carbons (Fsp3) is 0.462. The van der Waals surface area contributed by atoms with Crippen LogP contribution in [0, 0.1) is 0 Å². The molecule has 2 atom stereocenters. The maximum Gasteiger partial charge on any atom is 0.228 e. The normalized spacial score (nSPS) is 20.1. The fourth-order valence-corrected chi connectivity index (χ4v) is 2.50. The van der Waals surface area contributed by atoms with Gasteiger partial charge in [0, 0.05) is 24.7 Å². The fourth-order valence-electron chi connectivity index (χ4n) is 2.17. The summed E-state index contributed by atoms with van der Waals surface area (Å²) >= 11 is 6.19. The number of aliphatic hydroxyl groups is 1. The SMILES string of the molecule is CC(O)CNC(=O)C1CNCc2cccc(Cl)c21. The minimum atomic E-state index is -0.545. The van der Waals surface area contributed by atoms with Crippen molar-refractivity contribution >= 4 is 17.5 Å². The zero-order valence-corrected chi connectivity index (χ0v) is 11.0. The lowest BCUT2D eigenvalue weighted by molar-refractivity contribution is -0.123. The number of amides is 1. The monoisotopic (exact) mass is 268 g/mol. The van der Waals surface area contributed by atoms with E-state index in [1.54, 1.807) is 13.0 Å². The number of fused-ring (bicyclic) bond motifs is 1.